The monoisotopic (exact) mass is 469 g/mol. The van der Waals surface area contributed by atoms with Crippen LogP contribution in [0.25, 0.3) is 0 Å². The van der Waals surface area contributed by atoms with Crippen molar-refractivity contribution in [1.82, 2.24) is 14.5 Å². The quantitative estimate of drug-likeness (QED) is 0.657. The summed E-state index contributed by atoms with van der Waals surface area (Å²) in [5.41, 5.74) is -1.35. The van der Waals surface area contributed by atoms with Gasteiger partial charge in [-0.05, 0) is 41.1 Å². The van der Waals surface area contributed by atoms with Crippen molar-refractivity contribution in [3.05, 3.63) is 40.0 Å². The number of rotatable bonds is 4. The summed E-state index contributed by atoms with van der Waals surface area (Å²) in [6.45, 7) is 7.16. The van der Waals surface area contributed by atoms with Crippen LogP contribution in [0.5, 0.6) is 0 Å². The van der Waals surface area contributed by atoms with Crippen LogP contribution in [0.2, 0.25) is 0 Å². The molecule has 2 aromatic rings. The van der Waals surface area contributed by atoms with Gasteiger partial charge in [0.25, 0.3) is 0 Å². The lowest BCUT2D eigenvalue weighted by atomic mass is 9.97. The third kappa shape index (κ3) is 4.52. The largest absolute Gasteiger partial charge is 0.423 e. The highest BCUT2D eigenvalue weighted by Gasteiger charge is 2.35. The number of alkyl halides is 3. The topological polar surface area (TPSA) is 76.3 Å². The van der Waals surface area contributed by atoms with E-state index >= 15 is 0 Å². The molecule has 27 heavy (non-hydrogen) atoms. The van der Waals surface area contributed by atoms with Crippen LogP contribution < -0.4 is 0 Å². The first-order chi connectivity index (χ1) is 12.2. The van der Waals surface area contributed by atoms with Crippen molar-refractivity contribution in [2.75, 3.05) is 7.05 Å². The Morgan fingerprint density at radius 3 is 2.22 bits per heavy atom. The molecule has 0 aliphatic carbocycles. The van der Waals surface area contributed by atoms with Crippen LogP contribution in [0.15, 0.2) is 32.0 Å². The molecule has 2 rings (SSSR count). The molecule has 0 aliphatic rings. The predicted octanol–water partition coefficient (Wildman–Crippen LogP) is 4.53. The SMILES string of the molecule is CC(c1nnc(C(C)(C)C)o1)N(C)S(=O)(=O)c1ccc(C(F)(F)F)cc1Br. The maximum atomic E-state index is 12.9. The van der Waals surface area contributed by atoms with E-state index in [9.17, 15) is 21.6 Å². The molecule has 0 radical (unpaired) electrons. The molecule has 0 bridgehead atoms. The first-order valence-corrected chi connectivity index (χ1v) is 10.1. The number of hydrogen-bond acceptors (Lipinski definition) is 5. The van der Waals surface area contributed by atoms with Gasteiger partial charge in [-0.25, -0.2) is 8.42 Å². The molecule has 1 aromatic heterocycles. The number of aromatic nitrogens is 2. The second-order valence-electron chi connectivity index (χ2n) is 7.04. The molecule has 0 amide bonds. The molecule has 0 saturated carbocycles. The van der Waals surface area contributed by atoms with Crippen molar-refractivity contribution in [3.8, 4) is 0 Å². The smallest absolute Gasteiger partial charge is 0.416 e. The zero-order chi connectivity index (χ0) is 20.8. The molecule has 0 fully saturated rings. The fourth-order valence-corrected chi connectivity index (χ4v) is 4.47. The van der Waals surface area contributed by atoms with Gasteiger partial charge < -0.3 is 4.42 Å². The van der Waals surface area contributed by atoms with E-state index < -0.39 is 33.2 Å². The van der Waals surface area contributed by atoms with E-state index in [2.05, 4.69) is 26.1 Å². The van der Waals surface area contributed by atoms with E-state index in [1.807, 2.05) is 20.8 Å². The molecular formula is C16H19BrF3N3O3S. The number of sulfonamides is 1. The summed E-state index contributed by atoms with van der Waals surface area (Å²) in [6.07, 6.45) is -4.57. The fraction of sp³-hybridized carbons (Fsp3) is 0.500. The van der Waals surface area contributed by atoms with Crippen molar-refractivity contribution in [2.45, 2.75) is 50.2 Å². The molecule has 6 nitrogen and oxygen atoms in total. The van der Waals surface area contributed by atoms with Crippen molar-refractivity contribution < 1.29 is 26.0 Å². The molecule has 0 aliphatic heterocycles. The fourth-order valence-electron chi connectivity index (χ4n) is 2.11. The second kappa shape index (κ2) is 7.17. The summed E-state index contributed by atoms with van der Waals surface area (Å²) in [5, 5.41) is 7.83. The summed E-state index contributed by atoms with van der Waals surface area (Å²) in [5.74, 6) is 0.444. The average molecular weight is 470 g/mol. The van der Waals surface area contributed by atoms with Crippen LogP contribution in [-0.2, 0) is 21.6 Å². The van der Waals surface area contributed by atoms with Gasteiger partial charge in [0.2, 0.25) is 21.8 Å². The molecule has 1 heterocycles. The maximum absolute atomic E-state index is 12.9. The Hall–Kier alpha value is -1.46. The zero-order valence-corrected chi connectivity index (χ0v) is 17.7. The molecule has 1 unspecified atom stereocenters. The van der Waals surface area contributed by atoms with Crippen molar-refractivity contribution in [2.24, 2.45) is 0 Å². The van der Waals surface area contributed by atoms with Gasteiger partial charge in [-0.3, -0.25) is 0 Å². The third-order valence-electron chi connectivity index (χ3n) is 3.90. The highest BCUT2D eigenvalue weighted by atomic mass is 79.9. The van der Waals surface area contributed by atoms with Gasteiger partial charge >= 0.3 is 6.18 Å². The van der Waals surface area contributed by atoms with Crippen LogP contribution in [0.1, 0.15) is 51.1 Å². The van der Waals surface area contributed by atoms with Gasteiger partial charge in [-0.1, -0.05) is 20.8 Å². The first kappa shape index (κ1) is 21.8. The van der Waals surface area contributed by atoms with Gasteiger partial charge in [0.05, 0.1) is 10.5 Å². The van der Waals surface area contributed by atoms with Gasteiger partial charge in [-0.2, -0.15) is 17.5 Å². The van der Waals surface area contributed by atoms with E-state index in [-0.39, 0.29) is 15.3 Å². The minimum Gasteiger partial charge on any atom is -0.423 e. The van der Waals surface area contributed by atoms with Crippen LogP contribution in [0, 0.1) is 0 Å². The molecule has 0 spiro atoms. The Labute approximate surface area is 163 Å². The van der Waals surface area contributed by atoms with Crippen LogP contribution >= 0.6 is 15.9 Å². The summed E-state index contributed by atoms with van der Waals surface area (Å²) in [7, 11) is -2.82. The van der Waals surface area contributed by atoms with E-state index in [0.717, 1.165) is 22.5 Å². The molecule has 0 saturated heterocycles. The Morgan fingerprint density at radius 2 is 1.78 bits per heavy atom. The Bertz CT molecular complexity index is 936. The Balaban J connectivity index is 2.37. The summed E-state index contributed by atoms with van der Waals surface area (Å²) in [4.78, 5) is -0.291. The average Bonchev–Trinajstić information content (AvgIpc) is 3.02. The van der Waals surface area contributed by atoms with E-state index in [1.165, 1.54) is 7.05 Å². The van der Waals surface area contributed by atoms with Crippen molar-refractivity contribution >= 4 is 26.0 Å². The number of hydrogen-bond donors (Lipinski definition) is 0. The molecule has 0 N–H and O–H groups in total. The summed E-state index contributed by atoms with van der Waals surface area (Å²) in [6, 6.07) is 1.56. The van der Waals surface area contributed by atoms with Gasteiger partial charge in [-0.15, -0.1) is 10.2 Å². The highest BCUT2D eigenvalue weighted by molar-refractivity contribution is 9.10. The van der Waals surface area contributed by atoms with Crippen LogP contribution in [0.4, 0.5) is 13.2 Å². The van der Waals surface area contributed by atoms with E-state index in [4.69, 9.17) is 4.42 Å². The first-order valence-electron chi connectivity index (χ1n) is 7.84. The minimum absolute atomic E-state index is 0.0917. The lowest BCUT2D eigenvalue weighted by Gasteiger charge is -2.22. The van der Waals surface area contributed by atoms with Gasteiger partial charge in [0.15, 0.2) is 0 Å². The van der Waals surface area contributed by atoms with Crippen molar-refractivity contribution in [1.29, 1.82) is 0 Å². The normalized spacial score (nSPS) is 14.6. The lowest BCUT2D eigenvalue weighted by molar-refractivity contribution is -0.137. The third-order valence-corrected chi connectivity index (χ3v) is 6.81. The molecule has 11 heteroatoms. The van der Waals surface area contributed by atoms with Crippen molar-refractivity contribution in [3.63, 3.8) is 0 Å². The summed E-state index contributed by atoms with van der Waals surface area (Å²) < 4.78 is 70.5. The Kier molecular flexibility index (Phi) is 5.80. The maximum Gasteiger partial charge on any atom is 0.416 e. The second-order valence-corrected chi connectivity index (χ2v) is 9.86. The molecule has 150 valence electrons. The highest BCUT2D eigenvalue weighted by Crippen LogP contribution is 2.35. The van der Waals surface area contributed by atoms with E-state index in [1.54, 1.807) is 6.92 Å². The standard InChI is InChI=1S/C16H19BrF3N3O3S/c1-9(13-21-22-14(26-13)15(2,3)4)23(5)27(24,25)12-7-6-10(8-11(12)17)16(18,19)20/h6-9H,1-5H3. The number of nitrogens with zero attached hydrogens (tertiary/aromatic N) is 3. The van der Waals surface area contributed by atoms with Crippen LogP contribution in [-0.4, -0.2) is 30.0 Å². The van der Waals surface area contributed by atoms with Gasteiger partial charge in [0, 0.05) is 16.9 Å². The van der Waals surface area contributed by atoms with Crippen LogP contribution in [0.3, 0.4) is 0 Å². The number of halogens is 4. The lowest BCUT2D eigenvalue weighted by Crippen LogP contribution is -2.30. The molecular weight excluding hydrogens is 451 g/mol. The van der Waals surface area contributed by atoms with Gasteiger partial charge in [0.1, 0.15) is 6.04 Å². The zero-order valence-electron chi connectivity index (χ0n) is 15.3. The minimum atomic E-state index is -4.57. The molecule has 1 atom stereocenters. The van der Waals surface area contributed by atoms with E-state index in [0.29, 0.717) is 5.89 Å². The summed E-state index contributed by atoms with van der Waals surface area (Å²) >= 11 is 2.92. The number of benzene rings is 1. The Morgan fingerprint density at radius 1 is 1.19 bits per heavy atom. The predicted molar refractivity (Wildman–Crippen MR) is 95.5 cm³/mol. The molecule has 1 aromatic carbocycles.